The summed E-state index contributed by atoms with van der Waals surface area (Å²) in [4.78, 5) is 14.0. The number of ether oxygens (including phenoxy) is 1. The number of halogens is 4. The van der Waals surface area contributed by atoms with Crippen molar-refractivity contribution in [3.05, 3.63) is 81.3 Å². The molecule has 0 aliphatic carbocycles. The fourth-order valence-electron chi connectivity index (χ4n) is 2.78. The Morgan fingerprint density at radius 3 is 2.73 bits per heavy atom. The van der Waals surface area contributed by atoms with Crippen LogP contribution in [0.25, 0.3) is 10.9 Å². The summed E-state index contributed by atoms with van der Waals surface area (Å²) >= 11 is 5.62. The van der Waals surface area contributed by atoms with Crippen LogP contribution in [0.2, 0.25) is 5.02 Å². The zero-order valence-corrected chi connectivity index (χ0v) is 15.8. The number of anilines is 2. The first-order chi connectivity index (χ1) is 14.3. The van der Waals surface area contributed by atoms with Crippen molar-refractivity contribution in [1.82, 2.24) is 10.1 Å². The number of aromatic nitrogens is 2. The maximum Gasteiger partial charge on any atom is 0.417 e. The van der Waals surface area contributed by atoms with Crippen molar-refractivity contribution in [1.29, 1.82) is 0 Å². The van der Waals surface area contributed by atoms with E-state index in [0.717, 1.165) is 17.5 Å². The number of H-pyrrole nitrogens is 1. The van der Waals surface area contributed by atoms with Crippen LogP contribution in [0, 0.1) is 0 Å². The van der Waals surface area contributed by atoms with E-state index in [2.05, 4.69) is 15.5 Å². The highest BCUT2D eigenvalue weighted by atomic mass is 35.5. The van der Waals surface area contributed by atoms with Gasteiger partial charge < -0.3 is 19.6 Å². The van der Waals surface area contributed by atoms with Gasteiger partial charge in [0.2, 0.25) is 5.56 Å². The van der Waals surface area contributed by atoms with Gasteiger partial charge in [-0.25, -0.2) is 0 Å². The first kappa shape index (κ1) is 19.8. The van der Waals surface area contributed by atoms with Crippen molar-refractivity contribution in [2.24, 2.45) is 0 Å². The van der Waals surface area contributed by atoms with Gasteiger partial charge in [0.1, 0.15) is 12.4 Å². The Hall–Kier alpha value is -3.46. The SMILES string of the molecule is O=c1ccc2cc(OCc3cc(Nc4ccc(Cl)c(C(F)(F)F)c4)no3)ccc2[nH]1. The van der Waals surface area contributed by atoms with Gasteiger partial charge in [0.15, 0.2) is 11.6 Å². The number of fused-ring (bicyclic) bond motifs is 1. The van der Waals surface area contributed by atoms with Crippen molar-refractivity contribution in [3.8, 4) is 5.75 Å². The average Bonchev–Trinajstić information content (AvgIpc) is 3.14. The second-order valence-electron chi connectivity index (χ2n) is 6.36. The first-order valence-corrected chi connectivity index (χ1v) is 9.01. The van der Waals surface area contributed by atoms with E-state index in [9.17, 15) is 18.0 Å². The van der Waals surface area contributed by atoms with Crippen LogP contribution >= 0.6 is 11.6 Å². The summed E-state index contributed by atoms with van der Waals surface area (Å²) in [5, 5.41) is 6.93. The van der Waals surface area contributed by atoms with Gasteiger partial charge in [-0.05, 0) is 42.5 Å². The van der Waals surface area contributed by atoms with Crippen LogP contribution in [0.4, 0.5) is 24.7 Å². The van der Waals surface area contributed by atoms with E-state index in [-0.39, 0.29) is 28.7 Å². The van der Waals surface area contributed by atoms with Gasteiger partial charge in [0.05, 0.1) is 10.6 Å². The molecule has 4 aromatic rings. The molecule has 2 heterocycles. The summed E-state index contributed by atoms with van der Waals surface area (Å²) in [5.74, 6) is 1.14. The molecule has 0 aliphatic rings. The van der Waals surface area contributed by atoms with Crippen LogP contribution in [0.15, 0.2) is 63.9 Å². The lowest BCUT2D eigenvalue weighted by Gasteiger charge is -2.11. The highest BCUT2D eigenvalue weighted by Crippen LogP contribution is 2.36. The highest BCUT2D eigenvalue weighted by Gasteiger charge is 2.33. The molecule has 154 valence electrons. The van der Waals surface area contributed by atoms with E-state index in [4.69, 9.17) is 20.9 Å². The molecule has 0 unspecified atom stereocenters. The molecule has 10 heteroatoms. The van der Waals surface area contributed by atoms with Gasteiger partial charge in [0, 0.05) is 28.7 Å². The predicted molar refractivity (Wildman–Crippen MR) is 105 cm³/mol. The highest BCUT2D eigenvalue weighted by molar-refractivity contribution is 6.31. The lowest BCUT2D eigenvalue weighted by Crippen LogP contribution is -2.06. The standard InChI is InChI=1S/C20H13ClF3N3O3/c21-16-4-2-12(8-15(16)20(22,23)24)25-18-9-14(30-27-18)10-29-13-3-5-17-11(7-13)1-6-19(28)26-17/h1-9H,10H2,(H,25,27)(H,26,28). The smallest absolute Gasteiger partial charge is 0.417 e. The maximum atomic E-state index is 13.0. The van der Waals surface area contributed by atoms with Gasteiger partial charge >= 0.3 is 6.18 Å². The average molecular weight is 436 g/mol. The van der Waals surface area contributed by atoms with Gasteiger partial charge in [-0.2, -0.15) is 13.2 Å². The molecule has 0 bridgehead atoms. The minimum atomic E-state index is -4.57. The molecule has 0 aliphatic heterocycles. The fraction of sp³-hybridized carbons (Fsp3) is 0.100. The number of rotatable bonds is 5. The summed E-state index contributed by atoms with van der Waals surface area (Å²) in [7, 11) is 0. The quantitative estimate of drug-likeness (QED) is 0.432. The Kier molecular flexibility index (Phi) is 5.13. The molecule has 2 aromatic heterocycles. The molecule has 0 saturated heterocycles. The van der Waals surface area contributed by atoms with Crippen molar-refractivity contribution in [2.75, 3.05) is 5.32 Å². The third kappa shape index (κ3) is 4.41. The number of nitrogens with one attached hydrogen (secondary N) is 2. The van der Waals surface area contributed by atoms with Crippen LogP contribution in [0.5, 0.6) is 5.75 Å². The molecule has 2 N–H and O–H groups in total. The summed E-state index contributed by atoms with van der Waals surface area (Å²) in [5.41, 5.74) is -0.294. The van der Waals surface area contributed by atoms with E-state index in [0.29, 0.717) is 17.0 Å². The summed E-state index contributed by atoms with van der Waals surface area (Å²) < 4.78 is 49.7. The van der Waals surface area contributed by atoms with Crippen molar-refractivity contribution < 1.29 is 22.4 Å². The lowest BCUT2D eigenvalue weighted by atomic mass is 10.2. The number of nitrogens with zero attached hydrogens (tertiary/aromatic N) is 1. The summed E-state index contributed by atoms with van der Waals surface area (Å²) in [6, 6.07) is 13.2. The molecular formula is C20H13ClF3N3O3. The maximum absolute atomic E-state index is 13.0. The molecule has 0 spiro atoms. The van der Waals surface area contributed by atoms with Crippen molar-refractivity contribution in [2.45, 2.75) is 12.8 Å². The molecule has 2 aromatic carbocycles. The molecule has 6 nitrogen and oxygen atoms in total. The second-order valence-corrected chi connectivity index (χ2v) is 6.76. The zero-order valence-electron chi connectivity index (χ0n) is 15.1. The van der Waals surface area contributed by atoms with Crippen LogP contribution in [0.1, 0.15) is 11.3 Å². The Morgan fingerprint density at radius 2 is 1.93 bits per heavy atom. The van der Waals surface area contributed by atoms with Gasteiger partial charge in [-0.1, -0.05) is 16.8 Å². The minimum Gasteiger partial charge on any atom is -0.486 e. The Bertz CT molecular complexity index is 1270. The van der Waals surface area contributed by atoms with E-state index >= 15 is 0 Å². The number of benzene rings is 2. The van der Waals surface area contributed by atoms with E-state index < -0.39 is 11.7 Å². The summed E-state index contributed by atoms with van der Waals surface area (Å²) in [6.45, 7) is 0.0535. The number of aromatic amines is 1. The van der Waals surface area contributed by atoms with Crippen LogP contribution in [0.3, 0.4) is 0 Å². The lowest BCUT2D eigenvalue weighted by molar-refractivity contribution is -0.137. The largest absolute Gasteiger partial charge is 0.486 e. The predicted octanol–water partition coefficient (Wildman–Crippen LogP) is 5.51. The second kappa shape index (κ2) is 7.75. The molecule has 0 amide bonds. The van der Waals surface area contributed by atoms with Crippen LogP contribution in [-0.4, -0.2) is 10.1 Å². The van der Waals surface area contributed by atoms with Crippen molar-refractivity contribution in [3.63, 3.8) is 0 Å². The monoisotopic (exact) mass is 435 g/mol. The molecule has 4 rings (SSSR count). The van der Waals surface area contributed by atoms with Gasteiger partial charge in [0.25, 0.3) is 0 Å². The Labute approximate surface area is 172 Å². The molecule has 0 atom stereocenters. The zero-order chi connectivity index (χ0) is 21.3. The molecular weight excluding hydrogens is 423 g/mol. The number of hydrogen-bond donors (Lipinski definition) is 2. The van der Waals surface area contributed by atoms with Crippen molar-refractivity contribution >= 4 is 34.0 Å². The molecule has 0 radical (unpaired) electrons. The third-order valence-corrected chi connectivity index (χ3v) is 4.51. The topological polar surface area (TPSA) is 80.2 Å². The van der Waals surface area contributed by atoms with E-state index in [1.54, 1.807) is 24.3 Å². The van der Waals surface area contributed by atoms with Crippen LogP contribution in [-0.2, 0) is 12.8 Å². The number of hydrogen-bond acceptors (Lipinski definition) is 5. The number of alkyl halides is 3. The fourth-order valence-corrected chi connectivity index (χ4v) is 3.01. The Balaban J connectivity index is 1.43. The van der Waals surface area contributed by atoms with E-state index in [1.165, 1.54) is 18.2 Å². The molecule has 30 heavy (non-hydrogen) atoms. The molecule has 0 saturated carbocycles. The Morgan fingerprint density at radius 1 is 1.10 bits per heavy atom. The van der Waals surface area contributed by atoms with Crippen LogP contribution < -0.4 is 15.6 Å². The normalized spacial score (nSPS) is 11.6. The third-order valence-electron chi connectivity index (χ3n) is 4.18. The van der Waals surface area contributed by atoms with Gasteiger partial charge in [-0.15, -0.1) is 0 Å². The minimum absolute atomic E-state index is 0.0535. The van der Waals surface area contributed by atoms with E-state index in [1.807, 2.05) is 0 Å². The molecule has 0 fully saturated rings. The summed E-state index contributed by atoms with van der Waals surface area (Å²) in [6.07, 6.45) is -4.57. The first-order valence-electron chi connectivity index (χ1n) is 8.63. The van der Waals surface area contributed by atoms with Gasteiger partial charge in [-0.3, -0.25) is 4.79 Å². The number of pyridine rings is 1.